The van der Waals surface area contributed by atoms with Crippen molar-refractivity contribution < 1.29 is 4.79 Å². The number of hydrogen-bond acceptors (Lipinski definition) is 4. The summed E-state index contributed by atoms with van der Waals surface area (Å²) < 4.78 is 0. The minimum absolute atomic E-state index is 0.000741. The van der Waals surface area contributed by atoms with E-state index in [0.29, 0.717) is 5.69 Å². The summed E-state index contributed by atoms with van der Waals surface area (Å²) in [7, 11) is 5.85. The Kier molecular flexibility index (Phi) is 6.29. The third-order valence-corrected chi connectivity index (χ3v) is 2.87. The van der Waals surface area contributed by atoms with E-state index >= 15 is 0 Å². The molecule has 0 unspecified atom stereocenters. The molecule has 0 aliphatic heterocycles. The number of hydrogen-bond donors (Lipinski definition) is 1. The minimum Gasteiger partial charge on any atom is -0.388 e. The van der Waals surface area contributed by atoms with Gasteiger partial charge in [-0.2, -0.15) is 0 Å². The monoisotopic (exact) mass is 264 g/mol. The summed E-state index contributed by atoms with van der Waals surface area (Å²) in [5, 5.41) is 3.02. The standard InChI is InChI=1S/C14H24N4O/c1-5-8-18(10-9-17(3)4)14(19)13-11-12(15-2)6-7-16-13/h6-7,11H,5,8-10H2,1-4H3,(H,15,16). The van der Waals surface area contributed by atoms with Gasteiger partial charge in [-0.3, -0.25) is 9.78 Å². The first-order chi connectivity index (χ1) is 9.08. The molecule has 1 amide bonds. The van der Waals surface area contributed by atoms with Crippen molar-refractivity contribution >= 4 is 11.6 Å². The zero-order chi connectivity index (χ0) is 14.3. The van der Waals surface area contributed by atoms with E-state index in [4.69, 9.17) is 0 Å². The summed E-state index contributed by atoms with van der Waals surface area (Å²) in [6.45, 7) is 4.42. The second-order valence-electron chi connectivity index (χ2n) is 4.78. The average Bonchev–Trinajstić information content (AvgIpc) is 2.42. The molecule has 0 atom stereocenters. The Bertz CT molecular complexity index is 406. The topological polar surface area (TPSA) is 48.5 Å². The summed E-state index contributed by atoms with van der Waals surface area (Å²) in [5.41, 5.74) is 1.40. The molecule has 19 heavy (non-hydrogen) atoms. The van der Waals surface area contributed by atoms with Gasteiger partial charge in [-0.1, -0.05) is 6.92 Å². The normalized spacial score (nSPS) is 10.6. The van der Waals surface area contributed by atoms with Gasteiger partial charge in [-0.05, 0) is 32.6 Å². The number of anilines is 1. The van der Waals surface area contributed by atoms with Crippen LogP contribution in [0.3, 0.4) is 0 Å². The first-order valence-corrected chi connectivity index (χ1v) is 6.66. The lowest BCUT2D eigenvalue weighted by Crippen LogP contribution is -2.37. The summed E-state index contributed by atoms with van der Waals surface area (Å²) in [6, 6.07) is 3.64. The maximum absolute atomic E-state index is 12.4. The van der Waals surface area contributed by atoms with Crippen molar-refractivity contribution in [2.75, 3.05) is 46.1 Å². The van der Waals surface area contributed by atoms with E-state index < -0.39 is 0 Å². The van der Waals surface area contributed by atoms with Crippen molar-refractivity contribution in [3.63, 3.8) is 0 Å². The molecule has 1 heterocycles. The SMILES string of the molecule is CCCN(CCN(C)C)C(=O)c1cc(NC)ccn1. The number of amides is 1. The Morgan fingerprint density at radius 2 is 2.05 bits per heavy atom. The molecule has 5 nitrogen and oxygen atoms in total. The maximum atomic E-state index is 12.4. The largest absolute Gasteiger partial charge is 0.388 e. The fraction of sp³-hybridized carbons (Fsp3) is 0.571. The lowest BCUT2D eigenvalue weighted by molar-refractivity contribution is 0.0739. The van der Waals surface area contributed by atoms with Gasteiger partial charge < -0.3 is 15.1 Å². The number of nitrogens with zero attached hydrogens (tertiary/aromatic N) is 3. The maximum Gasteiger partial charge on any atom is 0.272 e. The van der Waals surface area contributed by atoms with E-state index in [1.54, 1.807) is 12.3 Å². The second kappa shape index (κ2) is 7.74. The molecule has 0 fully saturated rings. The zero-order valence-corrected chi connectivity index (χ0v) is 12.3. The second-order valence-corrected chi connectivity index (χ2v) is 4.78. The van der Waals surface area contributed by atoms with E-state index in [2.05, 4.69) is 22.1 Å². The van der Waals surface area contributed by atoms with Gasteiger partial charge in [0.05, 0.1) is 0 Å². The van der Waals surface area contributed by atoms with E-state index in [0.717, 1.165) is 31.7 Å². The molecule has 5 heteroatoms. The van der Waals surface area contributed by atoms with Crippen molar-refractivity contribution in [3.8, 4) is 0 Å². The molecule has 1 N–H and O–H groups in total. The Labute approximate surface area is 115 Å². The molecule has 1 aromatic rings. The molecule has 106 valence electrons. The van der Waals surface area contributed by atoms with Gasteiger partial charge in [0.2, 0.25) is 0 Å². The number of carbonyl (C=O) groups excluding carboxylic acids is 1. The Hall–Kier alpha value is -1.62. The van der Waals surface area contributed by atoms with Gasteiger partial charge in [0.15, 0.2) is 0 Å². The van der Waals surface area contributed by atoms with Gasteiger partial charge in [-0.25, -0.2) is 0 Å². The van der Waals surface area contributed by atoms with Crippen LogP contribution in [0, 0.1) is 0 Å². The van der Waals surface area contributed by atoms with Crippen LogP contribution in [0.1, 0.15) is 23.8 Å². The molecule has 0 aromatic carbocycles. The number of aromatic nitrogens is 1. The number of nitrogens with one attached hydrogen (secondary N) is 1. The highest BCUT2D eigenvalue weighted by Gasteiger charge is 2.16. The van der Waals surface area contributed by atoms with Crippen molar-refractivity contribution in [1.82, 2.24) is 14.8 Å². The van der Waals surface area contributed by atoms with E-state index in [9.17, 15) is 4.79 Å². The third-order valence-electron chi connectivity index (χ3n) is 2.87. The molecule has 0 spiro atoms. The fourth-order valence-corrected chi connectivity index (χ4v) is 1.77. The molecular weight excluding hydrogens is 240 g/mol. The van der Waals surface area contributed by atoms with Crippen LogP contribution in [0.4, 0.5) is 5.69 Å². The van der Waals surface area contributed by atoms with Gasteiger partial charge >= 0.3 is 0 Å². The van der Waals surface area contributed by atoms with Crippen LogP contribution in [-0.4, -0.2) is 61.5 Å². The molecule has 0 saturated heterocycles. The van der Waals surface area contributed by atoms with E-state index in [-0.39, 0.29) is 5.91 Å². The zero-order valence-electron chi connectivity index (χ0n) is 12.3. The van der Waals surface area contributed by atoms with Crippen LogP contribution >= 0.6 is 0 Å². The van der Waals surface area contributed by atoms with Crippen LogP contribution in [0.15, 0.2) is 18.3 Å². The molecule has 1 rings (SSSR count). The quantitative estimate of drug-likeness (QED) is 0.811. The minimum atomic E-state index is 0.000741. The van der Waals surface area contributed by atoms with E-state index in [1.807, 2.05) is 32.1 Å². The van der Waals surface area contributed by atoms with Crippen molar-refractivity contribution in [1.29, 1.82) is 0 Å². The number of likely N-dealkylation sites (N-methyl/N-ethyl adjacent to an activating group) is 1. The molecule has 0 aliphatic rings. The summed E-state index contributed by atoms with van der Waals surface area (Å²) in [5.74, 6) is 0.000741. The first-order valence-electron chi connectivity index (χ1n) is 6.66. The van der Waals surface area contributed by atoms with Gasteiger partial charge in [0.25, 0.3) is 5.91 Å². The highest BCUT2D eigenvalue weighted by molar-refractivity contribution is 5.93. The molecule has 0 radical (unpaired) electrons. The van der Waals surface area contributed by atoms with Crippen LogP contribution in [-0.2, 0) is 0 Å². The Balaban J connectivity index is 2.79. The molecule has 0 aliphatic carbocycles. The van der Waals surface area contributed by atoms with Crippen molar-refractivity contribution in [2.24, 2.45) is 0 Å². The highest BCUT2D eigenvalue weighted by atomic mass is 16.2. The molecule has 0 saturated carbocycles. The van der Waals surface area contributed by atoms with Crippen LogP contribution in [0.25, 0.3) is 0 Å². The fourth-order valence-electron chi connectivity index (χ4n) is 1.77. The number of rotatable bonds is 7. The molecular formula is C14H24N4O. The average molecular weight is 264 g/mol. The summed E-state index contributed by atoms with van der Waals surface area (Å²) in [4.78, 5) is 20.5. The third kappa shape index (κ3) is 4.87. The van der Waals surface area contributed by atoms with Gasteiger partial charge in [0.1, 0.15) is 5.69 Å². The Morgan fingerprint density at radius 3 is 2.63 bits per heavy atom. The van der Waals surface area contributed by atoms with Gasteiger partial charge in [0, 0.05) is 38.6 Å². The van der Waals surface area contributed by atoms with Crippen molar-refractivity contribution in [3.05, 3.63) is 24.0 Å². The lowest BCUT2D eigenvalue weighted by atomic mass is 10.2. The molecule has 1 aromatic heterocycles. The number of pyridine rings is 1. The predicted molar refractivity (Wildman–Crippen MR) is 78.5 cm³/mol. The van der Waals surface area contributed by atoms with Crippen LogP contribution in [0.5, 0.6) is 0 Å². The smallest absolute Gasteiger partial charge is 0.272 e. The first kappa shape index (κ1) is 15.4. The Morgan fingerprint density at radius 1 is 1.32 bits per heavy atom. The predicted octanol–water partition coefficient (Wildman–Crippen LogP) is 1.54. The highest BCUT2D eigenvalue weighted by Crippen LogP contribution is 2.09. The van der Waals surface area contributed by atoms with Gasteiger partial charge in [-0.15, -0.1) is 0 Å². The van der Waals surface area contributed by atoms with Crippen molar-refractivity contribution in [2.45, 2.75) is 13.3 Å². The van der Waals surface area contributed by atoms with E-state index in [1.165, 1.54) is 0 Å². The molecule has 0 bridgehead atoms. The summed E-state index contributed by atoms with van der Waals surface area (Å²) in [6.07, 6.45) is 2.61. The van der Waals surface area contributed by atoms with Crippen LogP contribution < -0.4 is 5.32 Å². The summed E-state index contributed by atoms with van der Waals surface area (Å²) >= 11 is 0. The van der Waals surface area contributed by atoms with Crippen LogP contribution in [0.2, 0.25) is 0 Å². The lowest BCUT2D eigenvalue weighted by Gasteiger charge is -2.23. The number of carbonyl (C=O) groups is 1.